The fourth-order valence-electron chi connectivity index (χ4n) is 3.69. The summed E-state index contributed by atoms with van der Waals surface area (Å²) in [5, 5.41) is 11.1. The number of hydrogen-bond acceptors (Lipinski definition) is 5. The summed E-state index contributed by atoms with van der Waals surface area (Å²) in [6.07, 6.45) is 0.872. The second kappa shape index (κ2) is 9.13. The van der Waals surface area contributed by atoms with Crippen molar-refractivity contribution in [2.45, 2.75) is 19.4 Å². The fraction of sp³-hybridized carbons (Fsp3) is 0.333. The quantitative estimate of drug-likeness (QED) is 0.433. The zero-order chi connectivity index (χ0) is 21.8. The van der Waals surface area contributed by atoms with Gasteiger partial charge in [0.1, 0.15) is 11.5 Å². The van der Waals surface area contributed by atoms with E-state index in [1.165, 1.54) is 4.90 Å². The molecule has 1 unspecified atom stereocenters. The molecule has 0 aromatic heterocycles. The Morgan fingerprint density at radius 2 is 1.77 bits per heavy atom. The number of carbonyl (C=O) groups excluding carboxylic acids is 2. The molecule has 1 fully saturated rings. The zero-order valence-corrected chi connectivity index (χ0v) is 17.9. The van der Waals surface area contributed by atoms with Gasteiger partial charge in [-0.05, 0) is 32.1 Å². The molecule has 30 heavy (non-hydrogen) atoms. The Morgan fingerprint density at radius 3 is 2.37 bits per heavy atom. The van der Waals surface area contributed by atoms with Gasteiger partial charge in [0, 0.05) is 24.2 Å². The number of rotatable bonds is 7. The van der Waals surface area contributed by atoms with E-state index in [0.29, 0.717) is 30.0 Å². The maximum atomic E-state index is 13.0. The van der Waals surface area contributed by atoms with Crippen LogP contribution < -0.4 is 4.74 Å². The number of hydrogen-bond donors (Lipinski definition) is 1. The number of amides is 1. The second-order valence-electron chi connectivity index (χ2n) is 7.59. The van der Waals surface area contributed by atoms with Crippen LogP contribution in [0.25, 0.3) is 5.76 Å². The number of ether oxygens (including phenoxy) is 1. The second-order valence-corrected chi connectivity index (χ2v) is 7.59. The number of aliphatic hydroxyl groups is 1. The van der Waals surface area contributed by atoms with Crippen LogP contribution in [0.1, 0.15) is 29.7 Å². The summed E-state index contributed by atoms with van der Waals surface area (Å²) in [5.41, 5.74) is 2.40. The number of nitrogens with zero attached hydrogens (tertiary/aromatic N) is 2. The first kappa shape index (κ1) is 21.6. The Bertz CT molecular complexity index is 963. The number of aliphatic hydroxyl groups excluding tert-OH is 1. The molecule has 1 atom stereocenters. The van der Waals surface area contributed by atoms with Crippen LogP contribution in [-0.4, -0.2) is 60.9 Å². The van der Waals surface area contributed by atoms with E-state index in [-0.39, 0.29) is 11.3 Å². The molecule has 0 bridgehead atoms. The van der Waals surface area contributed by atoms with Crippen LogP contribution in [0.3, 0.4) is 0 Å². The van der Waals surface area contributed by atoms with Crippen LogP contribution in [-0.2, 0) is 16.0 Å². The topological polar surface area (TPSA) is 70.1 Å². The van der Waals surface area contributed by atoms with E-state index in [4.69, 9.17) is 4.74 Å². The number of Topliss-reactive ketones (excluding diaryl/α,β-unsaturated/α-hetero) is 1. The van der Waals surface area contributed by atoms with Gasteiger partial charge in [0.25, 0.3) is 11.7 Å². The number of likely N-dealkylation sites (tertiary alicyclic amines) is 1. The number of methoxy groups -OCH3 is 1. The Kier molecular flexibility index (Phi) is 6.57. The molecule has 0 radical (unpaired) electrons. The third-order valence-electron chi connectivity index (χ3n) is 5.40. The lowest BCUT2D eigenvalue weighted by Gasteiger charge is -2.27. The van der Waals surface area contributed by atoms with Gasteiger partial charge in [0.05, 0.1) is 18.7 Å². The van der Waals surface area contributed by atoms with Gasteiger partial charge in [-0.15, -0.1) is 0 Å². The molecule has 3 rings (SSSR count). The molecule has 6 nitrogen and oxygen atoms in total. The summed E-state index contributed by atoms with van der Waals surface area (Å²) >= 11 is 0. The predicted molar refractivity (Wildman–Crippen MR) is 116 cm³/mol. The average molecular weight is 408 g/mol. The molecule has 1 aliphatic heterocycles. The highest BCUT2D eigenvalue weighted by Crippen LogP contribution is 2.42. The van der Waals surface area contributed by atoms with Crippen molar-refractivity contribution in [3.63, 3.8) is 0 Å². The number of para-hydroxylation sites is 1. The minimum absolute atomic E-state index is 0.0903. The van der Waals surface area contributed by atoms with E-state index in [9.17, 15) is 14.7 Å². The van der Waals surface area contributed by atoms with Gasteiger partial charge in [0.2, 0.25) is 0 Å². The number of benzene rings is 2. The van der Waals surface area contributed by atoms with Crippen LogP contribution in [0.4, 0.5) is 0 Å². The molecule has 0 aliphatic carbocycles. The average Bonchev–Trinajstić information content (AvgIpc) is 3.01. The predicted octanol–water partition coefficient (Wildman–Crippen LogP) is 3.24. The van der Waals surface area contributed by atoms with E-state index >= 15 is 0 Å². The highest BCUT2D eigenvalue weighted by atomic mass is 16.5. The van der Waals surface area contributed by atoms with Crippen molar-refractivity contribution in [3.8, 4) is 5.75 Å². The third-order valence-corrected chi connectivity index (χ3v) is 5.40. The number of likely N-dealkylation sites (N-methyl/N-ethyl adjacent to an activating group) is 1. The fourth-order valence-corrected chi connectivity index (χ4v) is 3.69. The minimum Gasteiger partial charge on any atom is -0.507 e. The van der Waals surface area contributed by atoms with E-state index in [1.54, 1.807) is 25.3 Å². The maximum Gasteiger partial charge on any atom is 0.295 e. The van der Waals surface area contributed by atoms with Crippen LogP contribution >= 0.6 is 0 Å². The van der Waals surface area contributed by atoms with Crippen molar-refractivity contribution in [1.29, 1.82) is 0 Å². The largest absolute Gasteiger partial charge is 0.507 e. The molecule has 0 saturated carbocycles. The number of ketones is 1. The molecule has 2 aromatic carbocycles. The summed E-state index contributed by atoms with van der Waals surface area (Å²) < 4.78 is 5.50. The van der Waals surface area contributed by atoms with E-state index in [1.807, 2.05) is 56.3 Å². The Labute approximate surface area is 177 Å². The van der Waals surface area contributed by atoms with Crippen molar-refractivity contribution in [3.05, 3.63) is 70.8 Å². The van der Waals surface area contributed by atoms with Gasteiger partial charge in [-0.1, -0.05) is 49.4 Å². The third kappa shape index (κ3) is 4.09. The molecule has 0 spiro atoms. The van der Waals surface area contributed by atoms with Gasteiger partial charge in [-0.2, -0.15) is 0 Å². The molecule has 1 N–H and O–H groups in total. The lowest BCUT2D eigenvalue weighted by molar-refractivity contribution is -0.140. The van der Waals surface area contributed by atoms with Crippen LogP contribution in [0.2, 0.25) is 0 Å². The summed E-state index contributed by atoms with van der Waals surface area (Å²) in [4.78, 5) is 29.4. The smallest absolute Gasteiger partial charge is 0.295 e. The first-order chi connectivity index (χ1) is 14.4. The number of carbonyl (C=O) groups is 2. The monoisotopic (exact) mass is 408 g/mol. The summed E-state index contributed by atoms with van der Waals surface area (Å²) in [6, 6.07) is 13.9. The number of aryl methyl sites for hydroxylation is 1. The highest BCUT2D eigenvalue weighted by Gasteiger charge is 2.46. The molecule has 1 amide bonds. The van der Waals surface area contributed by atoms with Crippen molar-refractivity contribution in [1.82, 2.24) is 9.80 Å². The first-order valence-electron chi connectivity index (χ1n) is 10.0. The lowest BCUT2D eigenvalue weighted by atomic mass is 9.94. The molecular formula is C24H28N2O4. The van der Waals surface area contributed by atoms with E-state index in [0.717, 1.165) is 12.0 Å². The summed E-state index contributed by atoms with van der Waals surface area (Å²) in [6.45, 7) is 2.99. The minimum atomic E-state index is -0.716. The molecule has 1 heterocycles. The normalized spacial score (nSPS) is 18.3. The maximum absolute atomic E-state index is 13.0. The van der Waals surface area contributed by atoms with Crippen LogP contribution in [0.5, 0.6) is 5.75 Å². The van der Waals surface area contributed by atoms with Gasteiger partial charge < -0.3 is 19.6 Å². The molecular weight excluding hydrogens is 380 g/mol. The standard InChI is InChI=1S/C24H28N2O4/c1-5-16-10-12-17(13-11-16)22(27)20-21(18-8-6-7-9-19(18)30-4)26(15-14-25(2)3)24(29)23(20)28/h6-13,21,27H,5,14-15H2,1-4H3/b22-20-. The van der Waals surface area contributed by atoms with Crippen LogP contribution in [0, 0.1) is 0 Å². The zero-order valence-electron chi connectivity index (χ0n) is 17.9. The van der Waals surface area contributed by atoms with Crippen molar-refractivity contribution < 1.29 is 19.4 Å². The van der Waals surface area contributed by atoms with Gasteiger partial charge in [0.15, 0.2) is 0 Å². The van der Waals surface area contributed by atoms with Crippen molar-refractivity contribution >= 4 is 17.4 Å². The van der Waals surface area contributed by atoms with Crippen LogP contribution in [0.15, 0.2) is 54.1 Å². The lowest BCUT2D eigenvalue weighted by Crippen LogP contribution is -2.35. The summed E-state index contributed by atoms with van der Waals surface area (Å²) in [5.74, 6) is -0.896. The molecule has 1 aliphatic rings. The van der Waals surface area contributed by atoms with E-state index in [2.05, 4.69) is 0 Å². The Hall–Kier alpha value is -3.12. The summed E-state index contributed by atoms with van der Waals surface area (Å²) in [7, 11) is 5.36. The molecule has 2 aromatic rings. The van der Waals surface area contributed by atoms with Gasteiger partial charge >= 0.3 is 0 Å². The van der Waals surface area contributed by atoms with Crippen molar-refractivity contribution in [2.24, 2.45) is 0 Å². The Morgan fingerprint density at radius 1 is 1.10 bits per heavy atom. The first-order valence-corrected chi connectivity index (χ1v) is 10.0. The molecule has 6 heteroatoms. The Balaban J connectivity index is 2.17. The molecule has 1 saturated heterocycles. The van der Waals surface area contributed by atoms with Gasteiger partial charge in [-0.3, -0.25) is 9.59 Å². The SMILES string of the molecule is CCc1ccc(/C(O)=C2/C(=O)C(=O)N(CCN(C)C)C2c2ccccc2OC)cc1. The van der Waals surface area contributed by atoms with Gasteiger partial charge in [-0.25, -0.2) is 0 Å². The highest BCUT2D eigenvalue weighted by molar-refractivity contribution is 6.46. The molecule has 158 valence electrons. The van der Waals surface area contributed by atoms with Crippen molar-refractivity contribution in [2.75, 3.05) is 34.3 Å². The van der Waals surface area contributed by atoms with E-state index < -0.39 is 17.7 Å².